The smallest absolute Gasteiger partial charge is 0.161 e. The summed E-state index contributed by atoms with van der Waals surface area (Å²) in [7, 11) is 3.27. The molecule has 1 aromatic rings. The molecule has 0 spiro atoms. The van der Waals surface area contributed by atoms with Crippen molar-refractivity contribution in [2.24, 2.45) is 0 Å². The van der Waals surface area contributed by atoms with Crippen LogP contribution in [-0.2, 0) is 10.6 Å². The first-order valence-electron chi connectivity index (χ1n) is 5.09. The Morgan fingerprint density at radius 2 is 2.00 bits per heavy atom. The fraction of sp³-hybridized carbons (Fsp3) is 0.500. The maximum absolute atomic E-state index is 5.74. The van der Waals surface area contributed by atoms with E-state index < -0.39 is 0 Å². The summed E-state index contributed by atoms with van der Waals surface area (Å²) in [5, 5.41) is 0. The molecule has 0 fully saturated rings. The van der Waals surface area contributed by atoms with E-state index in [1.165, 1.54) is 0 Å². The van der Waals surface area contributed by atoms with Gasteiger partial charge in [0.25, 0.3) is 0 Å². The predicted molar refractivity (Wildman–Crippen MR) is 64.5 cm³/mol. The van der Waals surface area contributed by atoms with Crippen molar-refractivity contribution in [1.29, 1.82) is 0 Å². The van der Waals surface area contributed by atoms with Gasteiger partial charge >= 0.3 is 0 Å². The largest absolute Gasteiger partial charge is 0.493 e. The average Bonchev–Trinajstić information content (AvgIpc) is 2.35. The lowest BCUT2D eigenvalue weighted by Crippen LogP contribution is -2.16. The van der Waals surface area contributed by atoms with Gasteiger partial charge in [-0.2, -0.15) is 0 Å². The topological polar surface area (TPSA) is 27.7 Å². The second kappa shape index (κ2) is 6.61. The molecule has 0 radical (unpaired) electrons. The fourth-order valence-electron chi connectivity index (χ4n) is 1.19. The summed E-state index contributed by atoms with van der Waals surface area (Å²) in [6.45, 7) is 2.44. The van der Waals surface area contributed by atoms with Gasteiger partial charge in [0.15, 0.2) is 11.5 Å². The zero-order chi connectivity index (χ0) is 12.0. The molecule has 0 N–H and O–H groups in total. The van der Waals surface area contributed by atoms with Gasteiger partial charge in [-0.25, -0.2) is 0 Å². The van der Waals surface area contributed by atoms with Gasteiger partial charge in [0.2, 0.25) is 0 Å². The van der Waals surface area contributed by atoms with Crippen molar-refractivity contribution in [3.05, 3.63) is 23.8 Å². The molecule has 0 bridgehead atoms. The van der Waals surface area contributed by atoms with E-state index in [1.807, 2.05) is 25.1 Å². The van der Waals surface area contributed by atoms with Gasteiger partial charge in [0.1, 0.15) is 6.61 Å². The Balaban J connectivity index is 2.71. The molecule has 0 aliphatic rings. The zero-order valence-corrected chi connectivity index (χ0v) is 10.6. The number of alkyl halides is 1. The van der Waals surface area contributed by atoms with Crippen LogP contribution in [0.1, 0.15) is 12.5 Å². The van der Waals surface area contributed by atoms with Crippen molar-refractivity contribution in [3.63, 3.8) is 0 Å². The van der Waals surface area contributed by atoms with E-state index in [0.29, 0.717) is 24.0 Å². The normalized spacial score (nSPS) is 12.2. The van der Waals surface area contributed by atoms with E-state index in [1.54, 1.807) is 14.2 Å². The van der Waals surface area contributed by atoms with Crippen LogP contribution in [-0.4, -0.2) is 26.9 Å². The van der Waals surface area contributed by atoms with Crippen molar-refractivity contribution in [2.75, 3.05) is 20.8 Å². The monoisotopic (exact) mass is 244 g/mol. The van der Waals surface area contributed by atoms with Crippen LogP contribution in [0.5, 0.6) is 11.5 Å². The molecular formula is C12H17ClO3. The van der Waals surface area contributed by atoms with Gasteiger partial charge in [-0.05, 0) is 24.6 Å². The first-order chi connectivity index (χ1) is 7.71. The lowest BCUT2D eigenvalue weighted by molar-refractivity contribution is 0.0706. The fourth-order valence-corrected chi connectivity index (χ4v) is 1.36. The molecule has 1 unspecified atom stereocenters. The van der Waals surface area contributed by atoms with Crippen molar-refractivity contribution in [3.8, 4) is 11.5 Å². The first-order valence-corrected chi connectivity index (χ1v) is 5.63. The molecule has 0 amide bonds. The van der Waals surface area contributed by atoms with Crippen molar-refractivity contribution < 1.29 is 14.2 Å². The first kappa shape index (κ1) is 13.1. The van der Waals surface area contributed by atoms with E-state index >= 15 is 0 Å². The Labute approximate surface area is 101 Å². The lowest BCUT2D eigenvalue weighted by Gasteiger charge is -2.14. The summed E-state index contributed by atoms with van der Waals surface area (Å²) in [5.74, 6) is 1.87. The number of methoxy groups -OCH3 is 2. The third-order valence-corrected chi connectivity index (χ3v) is 2.57. The molecule has 3 nitrogen and oxygen atoms in total. The summed E-state index contributed by atoms with van der Waals surface area (Å²) < 4.78 is 15.9. The van der Waals surface area contributed by atoms with E-state index in [-0.39, 0.29) is 6.10 Å². The van der Waals surface area contributed by atoms with Gasteiger partial charge in [0, 0.05) is 13.0 Å². The molecule has 1 aromatic carbocycles. The molecule has 0 heterocycles. The third-order valence-electron chi connectivity index (χ3n) is 2.26. The number of hydrogen-bond donors (Lipinski definition) is 0. The van der Waals surface area contributed by atoms with Crippen LogP contribution in [0.4, 0.5) is 0 Å². The standard InChI is InChI=1S/C12H17ClO3/c1-9(14-2)8-16-11-5-4-10(7-13)6-12(11)15-3/h4-6,9H,7-8H2,1-3H3. The Hall–Kier alpha value is -0.930. The molecule has 1 rings (SSSR count). The molecule has 16 heavy (non-hydrogen) atoms. The summed E-state index contributed by atoms with van der Waals surface area (Å²) in [4.78, 5) is 0. The number of hydrogen-bond acceptors (Lipinski definition) is 3. The van der Waals surface area contributed by atoms with Gasteiger partial charge in [-0.15, -0.1) is 11.6 Å². The van der Waals surface area contributed by atoms with Crippen LogP contribution in [0.15, 0.2) is 18.2 Å². The van der Waals surface area contributed by atoms with Crippen LogP contribution < -0.4 is 9.47 Å². The summed E-state index contributed by atoms with van der Waals surface area (Å²) >= 11 is 5.74. The van der Waals surface area contributed by atoms with Gasteiger partial charge in [-0.3, -0.25) is 0 Å². The number of halogens is 1. The molecule has 0 saturated heterocycles. The summed E-state index contributed by atoms with van der Waals surface area (Å²) in [5.41, 5.74) is 1.01. The van der Waals surface area contributed by atoms with Crippen LogP contribution >= 0.6 is 11.6 Å². The van der Waals surface area contributed by atoms with Gasteiger partial charge in [0.05, 0.1) is 13.2 Å². The van der Waals surface area contributed by atoms with Crippen molar-refractivity contribution in [1.82, 2.24) is 0 Å². The second-order valence-electron chi connectivity index (χ2n) is 3.48. The quantitative estimate of drug-likeness (QED) is 0.721. The summed E-state index contributed by atoms with van der Waals surface area (Å²) in [6, 6.07) is 5.65. The van der Waals surface area contributed by atoms with E-state index in [2.05, 4.69) is 0 Å². The molecule has 0 aromatic heterocycles. The zero-order valence-electron chi connectivity index (χ0n) is 9.83. The van der Waals surface area contributed by atoms with E-state index in [9.17, 15) is 0 Å². The number of benzene rings is 1. The highest BCUT2D eigenvalue weighted by Crippen LogP contribution is 2.28. The Kier molecular flexibility index (Phi) is 5.43. The molecular weight excluding hydrogens is 228 g/mol. The Morgan fingerprint density at radius 1 is 1.25 bits per heavy atom. The van der Waals surface area contributed by atoms with Crippen LogP contribution in [0.3, 0.4) is 0 Å². The number of rotatable bonds is 6. The minimum absolute atomic E-state index is 0.0532. The SMILES string of the molecule is COc1cc(CCl)ccc1OCC(C)OC. The van der Waals surface area contributed by atoms with Crippen molar-refractivity contribution >= 4 is 11.6 Å². The molecule has 90 valence electrons. The van der Waals surface area contributed by atoms with Gasteiger partial charge < -0.3 is 14.2 Å². The van der Waals surface area contributed by atoms with Crippen LogP contribution in [0.2, 0.25) is 0 Å². The van der Waals surface area contributed by atoms with Crippen molar-refractivity contribution in [2.45, 2.75) is 18.9 Å². The highest BCUT2D eigenvalue weighted by Gasteiger charge is 2.07. The second-order valence-corrected chi connectivity index (χ2v) is 3.74. The minimum atomic E-state index is 0.0532. The van der Waals surface area contributed by atoms with E-state index in [4.69, 9.17) is 25.8 Å². The Bertz CT molecular complexity index is 328. The number of ether oxygens (including phenoxy) is 3. The minimum Gasteiger partial charge on any atom is -0.493 e. The predicted octanol–water partition coefficient (Wildman–Crippen LogP) is 2.85. The highest BCUT2D eigenvalue weighted by atomic mass is 35.5. The molecule has 0 saturated carbocycles. The maximum Gasteiger partial charge on any atom is 0.161 e. The molecule has 0 aliphatic heterocycles. The molecule has 1 atom stereocenters. The average molecular weight is 245 g/mol. The van der Waals surface area contributed by atoms with E-state index in [0.717, 1.165) is 5.56 Å². The van der Waals surface area contributed by atoms with Gasteiger partial charge in [-0.1, -0.05) is 6.07 Å². The van der Waals surface area contributed by atoms with Crippen LogP contribution in [0, 0.1) is 0 Å². The summed E-state index contributed by atoms with van der Waals surface area (Å²) in [6.07, 6.45) is 0.0532. The van der Waals surface area contributed by atoms with Crippen LogP contribution in [0.25, 0.3) is 0 Å². The highest BCUT2D eigenvalue weighted by molar-refractivity contribution is 6.17. The lowest BCUT2D eigenvalue weighted by atomic mass is 10.2. The third kappa shape index (κ3) is 3.58. The maximum atomic E-state index is 5.74. The Morgan fingerprint density at radius 3 is 2.56 bits per heavy atom. The molecule has 0 aliphatic carbocycles. The molecule has 4 heteroatoms.